The van der Waals surface area contributed by atoms with Gasteiger partial charge >= 0.3 is 5.97 Å². The van der Waals surface area contributed by atoms with E-state index in [1.54, 1.807) is 0 Å². The molecule has 1 saturated carbocycles. The van der Waals surface area contributed by atoms with Gasteiger partial charge in [0.15, 0.2) is 5.82 Å². The number of hydrogen-bond acceptors (Lipinski definition) is 6. The van der Waals surface area contributed by atoms with Crippen molar-refractivity contribution in [1.29, 1.82) is 0 Å². The van der Waals surface area contributed by atoms with E-state index >= 15 is 0 Å². The Bertz CT molecular complexity index is 546. The van der Waals surface area contributed by atoms with Gasteiger partial charge in [-0.1, -0.05) is 6.42 Å². The number of sulfonamides is 1. The lowest BCUT2D eigenvalue weighted by molar-refractivity contribution is -0.145. The molecule has 2 unspecified atom stereocenters. The minimum absolute atomic E-state index is 0.151. The number of esters is 1. The highest BCUT2D eigenvalue weighted by Gasteiger charge is 2.42. The van der Waals surface area contributed by atoms with Gasteiger partial charge in [-0.15, -0.1) is 0 Å². The van der Waals surface area contributed by atoms with Crippen molar-refractivity contribution in [1.82, 2.24) is 9.97 Å². The number of nitrogens with zero attached hydrogens (tertiary/aromatic N) is 2. The lowest BCUT2D eigenvalue weighted by Gasteiger charge is -2.18. The SMILES string of the molecule is COC(=O)C1CCCC1S(=O)(=O)Nc1cnccn1. The van der Waals surface area contributed by atoms with E-state index in [1.807, 2.05) is 0 Å². The largest absolute Gasteiger partial charge is 0.469 e. The van der Waals surface area contributed by atoms with Crippen molar-refractivity contribution in [3.05, 3.63) is 18.6 Å². The number of rotatable bonds is 4. The van der Waals surface area contributed by atoms with E-state index in [4.69, 9.17) is 0 Å². The molecule has 7 nitrogen and oxygen atoms in total. The van der Waals surface area contributed by atoms with Crippen molar-refractivity contribution in [3.8, 4) is 0 Å². The van der Waals surface area contributed by atoms with Crippen molar-refractivity contribution in [2.45, 2.75) is 24.5 Å². The van der Waals surface area contributed by atoms with Crippen LogP contribution in [0.25, 0.3) is 0 Å². The van der Waals surface area contributed by atoms with Crippen LogP contribution in [-0.2, 0) is 19.6 Å². The number of aromatic nitrogens is 2. The molecule has 1 fully saturated rings. The maximum atomic E-state index is 12.2. The van der Waals surface area contributed by atoms with Gasteiger partial charge in [-0.05, 0) is 12.8 Å². The van der Waals surface area contributed by atoms with Gasteiger partial charge in [0.2, 0.25) is 10.0 Å². The van der Waals surface area contributed by atoms with Gasteiger partial charge in [0.05, 0.1) is 24.5 Å². The van der Waals surface area contributed by atoms with Crippen LogP contribution in [0.1, 0.15) is 19.3 Å². The summed E-state index contributed by atoms with van der Waals surface area (Å²) in [6.07, 6.45) is 5.81. The predicted molar refractivity (Wildman–Crippen MR) is 67.7 cm³/mol. The Kier molecular flexibility index (Phi) is 3.98. The van der Waals surface area contributed by atoms with Crippen LogP contribution in [0.15, 0.2) is 18.6 Å². The van der Waals surface area contributed by atoms with E-state index in [0.717, 1.165) is 0 Å². The van der Waals surface area contributed by atoms with E-state index in [-0.39, 0.29) is 5.82 Å². The third-order valence-electron chi connectivity index (χ3n) is 3.17. The quantitative estimate of drug-likeness (QED) is 0.812. The summed E-state index contributed by atoms with van der Waals surface area (Å²) in [5.74, 6) is -0.941. The Hall–Kier alpha value is -1.70. The summed E-state index contributed by atoms with van der Waals surface area (Å²) in [5.41, 5.74) is 0. The van der Waals surface area contributed by atoms with E-state index in [1.165, 1.54) is 25.7 Å². The van der Waals surface area contributed by atoms with Gasteiger partial charge in [0.1, 0.15) is 0 Å². The molecule has 0 radical (unpaired) electrons. The number of methoxy groups -OCH3 is 1. The second kappa shape index (κ2) is 5.52. The average Bonchev–Trinajstić information content (AvgIpc) is 2.88. The highest BCUT2D eigenvalue weighted by atomic mass is 32.2. The zero-order valence-corrected chi connectivity index (χ0v) is 11.3. The molecule has 0 bridgehead atoms. The Morgan fingerprint density at radius 3 is 2.84 bits per heavy atom. The second-order valence-corrected chi connectivity index (χ2v) is 6.24. The molecular weight excluding hydrogens is 270 g/mol. The molecule has 1 N–H and O–H groups in total. The zero-order valence-electron chi connectivity index (χ0n) is 10.4. The summed E-state index contributed by atoms with van der Waals surface area (Å²) in [6.45, 7) is 0. The van der Waals surface area contributed by atoms with Gasteiger partial charge < -0.3 is 4.74 Å². The molecule has 0 aliphatic heterocycles. The number of anilines is 1. The normalized spacial score (nSPS) is 23.0. The Morgan fingerprint density at radius 1 is 1.42 bits per heavy atom. The molecular formula is C11H15N3O4S. The summed E-state index contributed by atoms with van der Waals surface area (Å²) in [7, 11) is -2.41. The van der Waals surface area contributed by atoms with Crippen LogP contribution in [0.2, 0.25) is 0 Å². The minimum Gasteiger partial charge on any atom is -0.469 e. The van der Waals surface area contributed by atoms with Crippen molar-refractivity contribution in [2.75, 3.05) is 11.8 Å². The van der Waals surface area contributed by atoms with Crippen LogP contribution in [0.4, 0.5) is 5.82 Å². The van der Waals surface area contributed by atoms with Gasteiger partial charge in [0, 0.05) is 12.4 Å². The van der Waals surface area contributed by atoms with Gasteiger partial charge in [-0.25, -0.2) is 13.4 Å². The van der Waals surface area contributed by atoms with Crippen LogP contribution in [0.5, 0.6) is 0 Å². The van der Waals surface area contributed by atoms with Gasteiger partial charge in [0.25, 0.3) is 0 Å². The molecule has 2 rings (SSSR count). The Balaban J connectivity index is 2.17. The molecule has 1 aromatic rings. The van der Waals surface area contributed by atoms with Crippen molar-refractivity contribution in [3.63, 3.8) is 0 Å². The molecule has 1 heterocycles. The fourth-order valence-corrected chi connectivity index (χ4v) is 4.00. The first-order valence-electron chi connectivity index (χ1n) is 5.90. The fraction of sp³-hybridized carbons (Fsp3) is 0.545. The second-order valence-electron chi connectivity index (χ2n) is 4.34. The van der Waals surface area contributed by atoms with Gasteiger partial charge in [-0.3, -0.25) is 14.5 Å². The van der Waals surface area contributed by atoms with Crippen LogP contribution >= 0.6 is 0 Å². The predicted octanol–water partition coefficient (Wildman–Crippen LogP) is 0.560. The van der Waals surface area contributed by atoms with Crippen LogP contribution in [0, 0.1) is 5.92 Å². The first-order chi connectivity index (χ1) is 9.04. The fourth-order valence-electron chi connectivity index (χ4n) is 2.29. The van der Waals surface area contributed by atoms with E-state index < -0.39 is 27.2 Å². The van der Waals surface area contributed by atoms with Gasteiger partial charge in [-0.2, -0.15) is 0 Å². The number of ether oxygens (including phenoxy) is 1. The maximum absolute atomic E-state index is 12.2. The summed E-state index contributed by atoms with van der Waals surface area (Å²) in [6, 6.07) is 0. The van der Waals surface area contributed by atoms with Crippen molar-refractivity contribution >= 4 is 21.8 Å². The number of carbonyl (C=O) groups is 1. The molecule has 1 aliphatic rings. The summed E-state index contributed by atoms with van der Waals surface area (Å²) < 4.78 is 31.5. The summed E-state index contributed by atoms with van der Waals surface area (Å²) in [5, 5.41) is -0.776. The maximum Gasteiger partial charge on any atom is 0.310 e. The standard InChI is InChI=1S/C11H15N3O4S/c1-18-11(15)8-3-2-4-9(8)19(16,17)14-10-7-12-5-6-13-10/h5-9H,2-4H2,1H3,(H,13,14). The molecule has 2 atom stereocenters. The molecule has 0 spiro atoms. The number of hydrogen-bond donors (Lipinski definition) is 1. The van der Waals surface area contributed by atoms with Crippen molar-refractivity contribution in [2.24, 2.45) is 5.92 Å². The molecule has 8 heteroatoms. The lowest BCUT2D eigenvalue weighted by Crippen LogP contribution is -2.35. The van der Waals surface area contributed by atoms with Crippen LogP contribution in [-0.4, -0.2) is 36.7 Å². The topological polar surface area (TPSA) is 98.2 Å². The molecule has 0 saturated heterocycles. The lowest BCUT2D eigenvalue weighted by atomic mass is 10.1. The van der Waals surface area contributed by atoms with E-state index in [2.05, 4.69) is 19.4 Å². The van der Waals surface area contributed by atoms with Crippen LogP contribution < -0.4 is 4.72 Å². The highest BCUT2D eigenvalue weighted by molar-refractivity contribution is 7.93. The smallest absolute Gasteiger partial charge is 0.310 e. The zero-order chi connectivity index (χ0) is 13.9. The van der Waals surface area contributed by atoms with Crippen LogP contribution in [0.3, 0.4) is 0 Å². The first-order valence-corrected chi connectivity index (χ1v) is 7.44. The molecule has 1 aliphatic carbocycles. The van der Waals surface area contributed by atoms with E-state index in [9.17, 15) is 13.2 Å². The third kappa shape index (κ3) is 3.01. The Labute approximate surface area is 111 Å². The summed E-state index contributed by atoms with van der Waals surface area (Å²) >= 11 is 0. The third-order valence-corrected chi connectivity index (χ3v) is 5.02. The minimum atomic E-state index is -3.67. The van der Waals surface area contributed by atoms with E-state index in [0.29, 0.717) is 19.3 Å². The molecule has 1 aromatic heterocycles. The average molecular weight is 285 g/mol. The number of nitrogens with one attached hydrogen (secondary N) is 1. The Morgan fingerprint density at radius 2 is 2.21 bits per heavy atom. The van der Waals surface area contributed by atoms with Crippen molar-refractivity contribution < 1.29 is 17.9 Å². The molecule has 0 aromatic carbocycles. The first kappa shape index (κ1) is 13.7. The molecule has 104 valence electrons. The summed E-state index contributed by atoms with van der Waals surface area (Å²) in [4.78, 5) is 19.2. The molecule has 19 heavy (non-hydrogen) atoms. The monoisotopic (exact) mass is 285 g/mol. The molecule has 0 amide bonds. The highest BCUT2D eigenvalue weighted by Crippen LogP contribution is 2.32. The number of carbonyl (C=O) groups excluding carboxylic acids is 1.